The molecule has 0 aliphatic carbocycles. The van der Waals surface area contributed by atoms with Crippen molar-refractivity contribution in [1.29, 1.82) is 0 Å². The Balaban J connectivity index is 1.88. The van der Waals surface area contributed by atoms with Crippen molar-refractivity contribution in [1.82, 2.24) is 14.7 Å². The molecule has 2 heterocycles. The average molecular weight is 313 g/mol. The normalized spacial score (nSPS) is 15.7. The van der Waals surface area contributed by atoms with Crippen LogP contribution in [0.25, 0.3) is 11.3 Å². The van der Waals surface area contributed by atoms with Gasteiger partial charge in [0.25, 0.3) is 5.56 Å². The van der Waals surface area contributed by atoms with Crippen LogP contribution in [0.1, 0.15) is 11.1 Å². The Labute approximate surface area is 136 Å². The standard InChI is InChI=1S/C18H23N3O2/c1-14-15(2)18(22)21(9-8-20-10-12-23-13-11-20)19-17(14)16-6-4-3-5-7-16/h3-7H,8-13H2,1-2H3. The number of hydrogen-bond donors (Lipinski definition) is 0. The second-order valence-corrected chi connectivity index (χ2v) is 5.95. The predicted octanol–water partition coefficient (Wildman–Crippen LogP) is 1.86. The van der Waals surface area contributed by atoms with Crippen LogP contribution in [0.5, 0.6) is 0 Å². The molecule has 0 atom stereocenters. The van der Waals surface area contributed by atoms with Gasteiger partial charge in [0, 0.05) is 30.8 Å². The number of aromatic nitrogens is 2. The van der Waals surface area contributed by atoms with Gasteiger partial charge in [-0.25, -0.2) is 4.68 Å². The molecule has 0 amide bonds. The van der Waals surface area contributed by atoms with Gasteiger partial charge in [-0.15, -0.1) is 0 Å². The Morgan fingerprint density at radius 2 is 1.74 bits per heavy atom. The van der Waals surface area contributed by atoms with E-state index < -0.39 is 0 Å². The number of hydrogen-bond acceptors (Lipinski definition) is 4. The zero-order valence-corrected chi connectivity index (χ0v) is 13.8. The Morgan fingerprint density at radius 1 is 1.04 bits per heavy atom. The van der Waals surface area contributed by atoms with E-state index in [0.717, 1.165) is 55.2 Å². The summed E-state index contributed by atoms with van der Waals surface area (Å²) in [4.78, 5) is 14.8. The molecule has 1 saturated heterocycles. The van der Waals surface area contributed by atoms with Crippen LogP contribution < -0.4 is 5.56 Å². The van der Waals surface area contributed by atoms with Gasteiger partial charge in [-0.3, -0.25) is 9.69 Å². The Hall–Kier alpha value is -1.98. The second-order valence-electron chi connectivity index (χ2n) is 5.95. The summed E-state index contributed by atoms with van der Waals surface area (Å²) in [5.74, 6) is 0. The molecule has 3 rings (SSSR count). The highest BCUT2D eigenvalue weighted by Crippen LogP contribution is 2.20. The monoisotopic (exact) mass is 313 g/mol. The fraction of sp³-hybridized carbons (Fsp3) is 0.444. The molecule has 0 radical (unpaired) electrons. The summed E-state index contributed by atoms with van der Waals surface area (Å²) >= 11 is 0. The third-order valence-electron chi connectivity index (χ3n) is 4.47. The Morgan fingerprint density at radius 3 is 2.43 bits per heavy atom. The van der Waals surface area contributed by atoms with E-state index in [2.05, 4.69) is 10.00 Å². The van der Waals surface area contributed by atoms with Crippen molar-refractivity contribution < 1.29 is 4.74 Å². The van der Waals surface area contributed by atoms with Crippen molar-refractivity contribution in [3.05, 3.63) is 51.8 Å². The minimum atomic E-state index is 0.00967. The highest BCUT2D eigenvalue weighted by molar-refractivity contribution is 5.63. The highest BCUT2D eigenvalue weighted by Gasteiger charge is 2.14. The first-order chi connectivity index (χ1) is 11.2. The molecule has 0 unspecified atom stereocenters. The van der Waals surface area contributed by atoms with Crippen LogP contribution in [0.15, 0.2) is 35.1 Å². The number of benzene rings is 1. The van der Waals surface area contributed by atoms with E-state index in [1.54, 1.807) is 4.68 Å². The van der Waals surface area contributed by atoms with Crippen molar-refractivity contribution in [2.75, 3.05) is 32.8 Å². The molecule has 0 bridgehead atoms. The van der Waals surface area contributed by atoms with Crippen LogP contribution in [-0.2, 0) is 11.3 Å². The molecular formula is C18H23N3O2. The lowest BCUT2D eigenvalue weighted by atomic mass is 10.0. The van der Waals surface area contributed by atoms with Crippen LogP contribution in [0.2, 0.25) is 0 Å². The molecule has 1 aromatic carbocycles. The molecule has 23 heavy (non-hydrogen) atoms. The van der Waals surface area contributed by atoms with Crippen LogP contribution >= 0.6 is 0 Å². The third-order valence-corrected chi connectivity index (χ3v) is 4.47. The van der Waals surface area contributed by atoms with Crippen molar-refractivity contribution in [2.45, 2.75) is 20.4 Å². The van der Waals surface area contributed by atoms with Gasteiger partial charge in [-0.05, 0) is 19.4 Å². The number of morpholine rings is 1. The minimum absolute atomic E-state index is 0.00967. The maximum Gasteiger partial charge on any atom is 0.270 e. The molecule has 2 aromatic rings. The van der Waals surface area contributed by atoms with Gasteiger partial charge in [0.15, 0.2) is 0 Å². The first-order valence-corrected chi connectivity index (χ1v) is 8.10. The van der Waals surface area contributed by atoms with Gasteiger partial charge in [0.1, 0.15) is 0 Å². The van der Waals surface area contributed by atoms with Crippen molar-refractivity contribution in [3.8, 4) is 11.3 Å². The van der Waals surface area contributed by atoms with Crippen molar-refractivity contribution in [2.24, 2.45) is 0 Å². The van der Waals surface area contributed by atoms with E-state index in [1.165, 1.54) is 0 Å². The third kappa shape index (κ3) is 3.51. The molecular weight excluding hydrogens is 290 g/mol. The fourth-order valence-corrected chi connectivity index (χ4v) is 2.86. The quantitative estimate of drug-likeness (QED) is 0.864. The zero-order valence-electron chi connectivity index (χ0n) is 13.8. The average Bonchev–Trinajstić information content (AvgIpc) is 2.61. The molecule has 0 spiro atoms. The SMILES string of the molecule is Cc1c(-c2ccccc2)nn(CCN2CCOCC2)c(=O)c1C. The van der Waals surface area contributed by atoms with E-state index in [4.69, 9.17) is 4.74 Å². The summed E-state index contributed by atoms with van der Waals surface area (Å²) in [6, 6.07) is 10.0. The predicted molar refractivity (Wildman–Crippen MR) is 90.7 cm³/mol. The fourth-order valence-electron chi connectivity index (χ4n) is 2.86. The van der Waals surface area contributed by atoms with Crippen molar-refractivity contribution >= 4 is 0 Å². The van der Waals surface area contributed by atoms with Gasteiger partial charge >= 0.3 is 0 Å². The van der Waals surface area contributed by atoms with Gasteiger partial charge in [0.2, 0.25) is 0 Å². The van der Waals surface area contributed by atoms with Gasteiger partial charge in [-0.1, -0.05) is 30.3 Å². The highest BCUT2D eigenvalue weighted by atomic mass is 16.5. The van der Waals surface area contributed by atoms with E-state index in [1.807, 2.05) is 44.2 Å². The van der Waals surface area contributed by atoms with Crippen LogP contribution in [-0.4, -0.2) is 47.5 Å². The smallest absolute Gasteiger partial charge is 0.270 e. The maximum absolute atomic E-state index is 12.5. The first-order valence-electron chi connectivity index (χ1n) is 8.10. The lowest BCUT2D eigenvalue weighted by molar-refractivity contribution is 0.0358. The van der Waals surface area contributed by atoms with Gasteiger partial charge < -0.3 is 4.74 Å². The Kier molecular flexibility index (Phi) is 4.88. The molecule has 1 aromatic heterocycles. The van der Waals surface area contributed by atoms with Crippen molar-refractivity contribution in [3.63, 3.8) is 0 Å². The van der Waals surface area contributed by atoms with Gasteiger partial charge in [-0.2, -0.15) is 5.10 Å². The molecule has 1 aliphatic heterocycles. The number of ether oxygens (including phenoxy) is 1. The molecule has 5 heteroatoms. The second kappa shape index (κ2) is 7.06. The lowest BCUT2D eigenvalue weighted by Crippen LogP contribution is -2.40. The van der Waals surface area contributed by atoms with Crippen LogP contribution in [0.3, 0.4) is 0 Å². The summed E-state index contributed by atoms with van der Waals surface area (Å²) < 4.78 is 6.97. The molecule has 5 nitrogen and oxygen atoms in total. The molecule has 122 valence electrons. The van der Waals surface area contributed by atoms with E-state index in [9.17, 15) is 4.79 Å². The summed E-state index contributed by atoms with van der Waals surface area (Å²) in [7, 11) is 0. The summed E-state index contributed by atoms with van der Waals surface area (Å²) in [6.45, 7) is 8.67. The minimum Gasteiger partial charge on any atom is -0.379 e. The molecule has 1 aliphatic rings. The largest absolute Gasteiger partial charge is 0.379 e. The molecule has 0 saturated carbocycles. The number of nitrogens with zero attached hydrogens (tertiary/aromatic N) is 3. The van der Waals surface area contributed by atoms with E-state index in [-0.39, 0.29) is 5.56 Å². The zero-order chi connectivity index (χ0) is 16.2. The van der Waals surface area contributed by atoms with E-state index >= 15 is 0 Å². The van der Waals surface area contributed by atoms with Crippen LogP contribution in [0.4, 0.5) is 0 Å². The van der Waals surface area contributed by atoms with E-state index in [0.29, 0.717) is 6.54 Å². The topological polar surface area (TPSA) is 47.4 Å². The Bertz CT molecular complexity index is 719. The molecule has 0 N–H and O–H groups in total. The van der Waals surface area contributed by atoms with Crippen LogP contribution in [0, 0.1) is 13.8 Å². The maximum atomic E-state index is 12.5. The number of rotatable bonds is 4. The summed E-state index contributed by atoms with van der Waals surface area (Å²) in [5, 5.41) is 4.63. The van der Waals surface area contributed by atoms with Gasteiger partial charge in [0.05, 0.1) is 25.5 Å². The first kappa shape index (κ1) is 15.9. The summed E-state index contributed by atoms with van der Waals surface area (Å²) in [5.41, 5.74) is 3.69. The lowest BCUT2D eigenvalue weighted by Gasteiger charge is -2.26. The summed E-state index contributed by atoms with van der Waals surface area (Å²) in [6.07, 6.45) is 0. The molecule has 1 fully saturated rings.